The SMILES string of the molecule is COC(=O)C1=C/C(CCCO)=C\C(c2ccc(CN3CCCC3)cc2)N(Cc2cccc(OC(F)(F)F)c2)/C=C\1C(=O)OC. The van der Waals surface area contributed by atoms with Gasteiger partial charge in [-0.05, 0) is 79.2 Å². The van der Waals surface area contributed by atoms with Gasteiger partial charge in [-0.2, -0.15) is 0 Å². The number of benzene rings is 2. The quantitative estimate of drug-likeness (QED) is 0.328. The van der Waals surface area contributed by atoms with E-state index in [0.29, 0.717) is 24.0 Å². The van der Waals surface area contributed by atoms with Gasteiger partial charge in [-0.25, -0.2) is 9.59 Å². The summed E-state index contributed by atoms with van der Waals surface area (Å²) in [5.74, 6) is -1.93. The summed E-state index contributed by atoms with van der Waals surface area (Å²) in [6.07, 6.45) is 3.26. The van der Waals surface area contributed by atoms with Gasteiger partial charge < -0.3 is 24.2 Å². The van der Waals surface area contributed by atoms with Gasteiger partial charge in [-0.15, -0.1) is 13.2 Å². The molecule has 0 aliphatic carbocycles. The Balaban J connectivity index is 1.83. The number of aliphatic hydroxyl groups is 1. The van der Waals surface area contributed by atoms with Crippen molar-refractivity contribution in [1.82, 2.24) is 9.80 Å². The lowest BCUT2D eigenvalue weighted by atomic mass is 9.93. The molecule has 8 nitrogen and oxygen atoms in total. The molecule has 2 aromatic rings. The van der Waals surface area contributed by atoms with Gasteiger partial charge in [0, 0.05) is 25.9 Å². The van der Waals surface area contributed by atoms with Crippen LogP contribution in [0.5, 0.6) is 5.75 Å². The van der Waals surface area contributed by atoms with E-state index in [2.05, 4.69) is 9.64 Å². The second-order valence-electron chi connectivity index (χ2n) is 10.7. The zero-order chi connectivity index (χ0) is 31.7. The molecule has 0 saturated carbocycles. The molecule has 2 heterocycles. The summed E-state index contributed by atoms with van der Waals surface area (Å²) in [5, 5.41) is 9.57. The van der Waals surface area contributed by atoms with Gasteiger partial charge in [0.2, 0.25) is 0 Å². The summed E-state index contributed by atoms with van der Waals surface area (Å²) >= 11 is 0. The van der Waals surface area contributed by atoms with Crippen LogP contribution in [0.4, 0.5) is 13.2 Å². The lowest BCUT2D eigenvalue weighted by Crippen LogP contribution is -2.27. The third-order valence-corrected chi connectivity index (χ3v) is 7.50. The molecule has 1 atom stereocenters. The largest absolute Gasteiger partial charge is 0.573 e. The summed E-state index contributed by atoms with van der Waals surface area (Å²) in [6.45, 7) is 2.90. The molecule has 1 unspecified atom stereocenters. The van der Waals surface area contributed by atoms with Gasteiger partial charge in [0.15, 0.2) is 0 Å². The van der Waals surface area contributed by atoms with Gasteiger partial charge >= 0.3 is 18.3 Å². The second kappa shape index (κ2) is 15.1. The first-order valence-corrected chi connectivity index (χ1v) is 14.4. The van der Waals surface area contributed by atoms with Gasteiger partial charge in [0.1, 0.15) is 5.75 Å². The Labute approximate surface area is 255 Å². The highest BCUT2D eigenvalue weighted by Gasteiger charge is 2.32. The molecular weight excluding hydrogens is 577 g/mol. The minimum absolute atomic E-state index is 0.0397. The summed E-state index contributed by atoms with van der Waals surface area (Å²) in [5.41, 5.74) is 3.02. The van der Waals surface area contributed by atoms with Crippen molar-refractivity contribution in [1.29, 1.82) is 0 Å². The fourth-order valence-electron chi connectivity index (χ4n) is 5.42. The Morgan fingerprint density at radius 2 is 1.61 bits per heavy atom. The normalized spacial score (nSPS) is 21.2. The van der Waals surface area contributed by atoms with Crippen LogP contribution in [-0.4, -0.2) is 67.1 Å². The topological polar surface area (TPSA) is 88.5 Å². The number of halogens is 3. The number of methoxy groups -OCH3 is 2. The van der Waals surface area contributed by atoms with Crippen LogP contribution >= 0.6 is 0 Å². The van der Waals surface area contributed by atoms with Crippen LogP contribution in [0, 0.1) is 0 Å². The lowest BCUT2D eigenvalue weighted by molar-refractivity contribution is -0.274. The van der Waals surface area contributed by atoms with E-state index < -0.39 is 24.3 Å². The van der Waals surface area contributed by atoms with E-state index >= 15 is 0 Å². The van der Waals surface area contributed by atoms with Crippen molar-refractivity contribution >= 4 is 11.9 Å². The molecule has 44 heavy (non-hydrogen) atoms. The fraction of sp³-hybridized carbons (Fsp3) is 0.394. The van der Waals surface area contributed by atoms with E-state index in [1.807, 2.05) is 30.3 Å². The Hall–Kier alpha value is -4.09. The summed E-state index contributed by atoms with van der Waals surface area (Å²) < 4.78 is 53.1. The van der Waals surface area contributed by atoms with E-state index in [-0.39, 0.29) is 30.0 Å². The Kier molecular flexibility index (Phi) is 11.2. The molecule has 0 bridgehead atoms. The molecule has 0 aromatic heterocycles. The molecule has 1 N–H and O–H groups in total. The average molecular weight is 615 g/mol. The number of ether oxygens (including phenoxy) is 3. The Morgan fingerprint density at radius 3 is 2.25 bits per heavy atom. The van der Waals surface area contributed by atoms with E-state index in [1.54, 1.807) is 17.0 Å². The van der Waals surface area contributed by atoms with Crippen molar-refractivity contribution in [3.05, 3.63) is 100 Å². The number of carbonyl (C=O) groups excluding carboxylic acids is 2. The smallest absolute Gasteiger partial charge is 0.465 e. The van der Waals surface area contributed by atoms with Crippen LogP contribution in [-0.2, 0) is 32.2 Å². The van der Waals surface area contributed by atoms with E-state index in [1.165, 1.54) is 51.5 Å². The van der Waals surface area contributed by atoms with Crippen LogP contribution in [0.1, 0.15) is 48.4 Å². The van der Waals surface area contributed by atoms with Crippen molar-refractivity contribution in [3.8, 4) is 5.75 Å². The molecule has 11 heteroatoms. The molecule has 236 valence electrons. The fourth-order valence-corrected chi connectivity index (χ4v) is 5.42. The predicted molar refractivity (Wildman–Crippen MR) is 157 cm³/mol. The molecule has 0 radical (unpaired) electrons. The van der Waals surface area contributed by atoms with Gasteiger partial charge in [0.25, 0.3) is 0 Å². The van der Waals surface area contributed by atoms with E-state index in [9.17, 15) is 27.9 Å². The number of hydrogen-bond acceptors (Lipinski definition) is 8. The van der Waals surface area contributed by atoms with Crippen molar-refractivity contribution in [2.75, 3.05) is 33.9 Å². The van der Waals surface area contributed by atoms with Gasteiger partial charge in [0.05, 0.1) is 31.4 Å². The van der Waals surface area contributed by atoms with Crippen LogP contribution in [0.25, 0.3) is 0 Å². The van der Waals surface area contributed by atoms with Gasteiger partial charge in [-0.3, -0.25) is 4.90 Å². The highest BCUT2D eigenvalue weighted by molar-refractivity contribution is 6.07. The monoisotopic (exact) mass is 614 g/mol. The van der Waals surface area contributed by atoms with Crippen LogP contribution in [0.2, 0.25) is 0 Å². The number of carbonyl (C=O) groups is 2. The minimum atomic E-state index is -4.86. The number of aliphatic hydroxyl groups excluding tert-OH is 1. The number of likely N-dealkylation sites (tertiary alicyclic amines) is 1. The Morgan fingerprint density at radius 1 is 0.932 bits per heavy atom. The number of alkyl halides is 3. The molecule has 2 aliphatic rings. The predicted octanol–water partition coefficient (Wildman–Crippen LogP) is 5.59. The average Bonchev–Trinajstić information content (AvgIpc) is 3.50. The third kappa shape index (κ3) is 8.96. The molecule has 2 aromatic carbocycles. The first kappa shape index (κ1) is 32.8. The summed E-state index contributed by atoms with van der Waals surface area (Å²) in [6, 6.07) is 13.2. The zero-order valence-electron chi connectivity index (χ0n) is 24.8. The van der Waals surface area contributed by atoms with Crippen molar-refractivity contribution in [3.63, 3.8) is 0 Å². The lowest BCUT2D eigenvalue weighted by Gasteiger charge is -2.32. The third-order valence-electron chi connectivity index (χ3n) is 7.50. The molecule has 0 spiro atoms. The number of rotatable bonds is 11. The van der Waals surface area contributed by atoms with Gasteiger partial charge in [-0.1, -0.05) is 42.5 Å². The second-order valence-corrected chi connectivity index (χ2v) is 10.7. The maximum Gasteiger partial charge on any atom is 0.573 e. The maximum absolute atomic E-state index is 13.1. The molecule has 0 amide bonds. The van der Waals surface area contributed by atoms with E-state index in [4.69, 9.17) is 9.47 Å². The summed E-state index contributed by atoms with van der Waals surface area (Å²) in [7, 11) is 2.39. The first-order chi connectivity index (χ1) is 21.1. The highest BCUT2D eigenvalue weighted by Crippen LogP contribution is 2.34. The van der Waals surface area contributed by atoms with Crippen molar-refractivity contribution in [2.45, 2.75) is 51.2 Å². The zero-order valence-corrected chi connectivity index (χ0v) is 24.8. The van der Waals surface area contributed by atoms with Crippen molar-refractivity contribution < 1.29 is 42.1 Å². The standard InChI is InChI=1S/C33H37F3N2O6/c1-42-31(40)28-18-24(8-6-16-39)19-30(26-12-10-23(11-13-26)20-37-14-3-4-15-37)38(22-29(28)32(41)43-2)21-25-7-5-9-27(17-25)44-33(34,35)36/h5,7,9-13,17-19,22,30,39H,3-4,6,8,14-16,20-21H2,1-2H3/b24-19-,28-18+,29-22+. The van der Waals surface area contributed by atoms with Crippen LogP contribution < -0.4 is 4.74 Å². The number of hydrogen-bond donors (Lipinski definition) is 1. The number of allylic oxidation sites excluding steroid dienone is 2. The van der Waals surface area contributed by atoms with Crippen LogP contribution in [0.3, 0.4) is 0 Å². The molecule has 1 fully saturated rings. The molecule has 4 rings (SSSR count). The minimum Gasteiger partial charge on any atom is -0.465 e. The maximum atomic E-state index is 13.1. The summed E-state index contributed by atoms with van der Waals surface area (Å²) in [4.78, 5) is 30.1. The number of esters is 2. The van der Waals surface area contributed by atoms with E-state index in [0.717, 1.165) is 30.8 Å². The molecular formula is C33H37F3N2O6. The van der Waals surface area contributed by atoms with Crippen molar-refractivity contribution in [2.24, 2.45) is 0 Å². The Bertz CT molecular complexity index is 1390. The number of nitrogens with zero attached hydrogens (tertiary/aromatic N) is 2. The first-order valence-electron chi connectivity index (χ1n) is 14.4. The highest BCUT2D eigenvalue weighted by atomic mass is 19.4. The molecule has 2 aliphatic heterocycles. The molecule has 1 saturated heterocycles. The van der Waals surface area contributed by atoms with Crippen LogP contribution in [0.15, 0.2) is 83.6 Å².